The van der Waals surface area contributed by atoms with Crippen LogP contribution in [0.1, 0.15) is 49.4 Å². The molecule has 5 rings (SSSR count). The molecule has 10 heteroatoms. The number of sulfonamides is 1. The lowest BCUT2D eigenvalue weighted by Gasteiger charge is -2.34. The van der Waals surface area contributed by atoms with E-state index in [1.165, 1.54) is 6.07 Å². The fourth-order valence-electron chi connectivity index (χ4n) is 4.87. The summed E-state index contributed by atoms with van der Waals surface area (Å²) in [5.41, 5.74) is 0.952. The maximum absolute atomic E-state index is 13.5. The first-order valence-electron chi connectivity index (χ1n) is 12.2. The molecule has 1 amide bonds. The van der Waals surface area contributed by atoms with Gasteiger partial charge in [-0.1, -0.05) is 43.6 Å². The summed E-state index contributed by atoms with van der Waals surface area (Å²) in [4.78, 5) is 15.4. The summed E-state index contributed by atoms with van der Waals surface area (Å²) < 4.78 is 34.1. The van der Waals surface area contributed by atoms with Crippen molar-refractivity contribution in [2.24, 2.45) is 11.8 Å². The minimum atomic E-state index is -3.70. The molecule has 0 bridgehead atoms. The molecule has 1 saturated carbocycles. The molecule has 36 heavy (non-hydrogen) atoms. The average Bonchev–Trinajstić information content (AvgIpc) is 3.59. The summed E-state index contributed by atoms with van der Waals surface area (Å²) in [6.07, 6.45) is 2.76. The standard InChI is InChI=1S/C26H29ClN4O4S/c1-17-12-18(2)15-30(14-17)36(33,34)21-7-5-6-19(13-21)26(32)31(20-10-11-20)16-24-28-29-25(35-24)22-8-3-4-9-23(22)27/h3-9,13,17-18,20H,10-12,14-16H2,1-2H3. The molecule has 3 aromatic rings. The van der Waals surface area contributed by atoms with Crippen LogP contribution in [0.4, 0.5) is 0 Å². The Morgan fingerprint density at radius 3 is 2.50 bits per heavy atom. The molecule has 2 unspecified atom stereocenters. The van der Waals surface area contributed by atoms with Crippen LogP contribution in [0.5, 0.6) is 0 Å². The molecule has 0 radical (unpaired) electrons. The van der Waals surface area contributed by atoms with Gasteiger partial charge in [0.2, 0.25) is 21.8 Å². The van der Waals surface area contributed by atoms with Gasteiger partial charge in [-0.05, 0) is 61.4 Å². The van der Waals surface area contributed by atoms with Crippen molar-refractivity contribution in [2.45, 2.75) is 50.6 Å². The molecule has 1 aromatic heterocycles. The van der Waals surface area contributed by atoms with Gasteiger partial charge in [0, 0.05) is 24.7 Å². The topological polar surface area (TPSA) is 96.6 Å². The molecular formula is C26H29ClN4O4S. The van der Waals surface area contributed by atoms with Gasteiger partial charge in [-0.2, -0.15) is 4.31 Å². The van der Waals surface area contributed by atoms with Crippen LogP contribution in [0.15, 0.2) is 57.8 Å². The van der Waals surface area contributed by atoms with E-state index in [-0.39, 0.29) is 29.3 Å². The van der Waals surface area contributed by atoms with Crippen molar-refractivity contribution in [3.05, 3.63) is 65.0 Å². The number of carbonyl (C=O) groups is 1. The van der Waals surface area contributed by atoms with Crippen LogP contribution in [0.2, 0.25) is 5.02 Å². The highest BCUT2D eigenvalue weighted by Crippen LogP contribution is 2.32. The fraction of sp³-hybridized carbons (Fsp3) is 0.423. The number of hydrogen-bond acceptors (Lipinski definition) is 6. The molecule has 2 aliphatic rings. The third-order valence-corrected chi connectivity index (χ3v) is 8.84. The van der Waals surface area contributed by atoms with Crippen molar-refractivity contribution >= 4 is 27.5 Å². The van der Waals surface area contributed by atoms with Gasteiger partial charge in [-0.3, -0.25) is 4.79 Å². The summed E-state index contributed by atoms with van der Waals surface area (Å²) in [6, 6.07) is 13.6. The molecule has 0 spiro atoms. The predicted molar refractivity (Wildman–Crippen MR) is 136 cm³/mol. The number of benzene rings is 2. The number of nitrogens with zero attached hydrogens (tertiary/aromatic N) is 4. The Bertz CT molecular complexity index is 1360. The lowest BCUT2D eigenvalue weighted by Crippen LogP contribution is -2.42. The van der Waals surface area contributed by atoms with Crippen molar-refractivity contribution in [2.75, 3.05) is 13.1 Å². The Labute approximate surface area is 216 Å². The molecule has 2 atom stereocenters. The molecule has 1 aliphatic heterocycles. The van der Waals surface area contributed by atoms with Crippen LogP contribution < -0.4 is 0 Å². The lowest BCUT2D eigenvalue weighted by molar-refractivity contribution is 0.0714. The van der Waals surface area contributed by atoms with Crippen LogP contribution in [-0.2, 0) is 16.6 Å². The van der Waals surface area contributed by atoms with E-state index in [0.29, 0.717) is 47.0 Å². The van der Waals surface area contributed by atoms with Crippen molar-refractivity contribution < 1.29 is 17.6 Å². The van der Waals surface area contributed by atoms with Gasteiger partial charge in [0.25, 0.3) is 5.91 Å². The van der Waals surface area contributed by atoms with Crippen LogP contribution in [-0.4, -0.2) is 52.9 Å². The number of hydrogen-bond donors (Lipinski definition) is 0. The number of carbonyl (C=O) groups excluding carboxylic acids is 1. The highest BCUT2D eigenvalue weighted by Gasteiger charge is 2.36. The van der Waals surface area contributed by atoms with Crippen LogP contribution in [0.25, 0.3) is 11.5 Å². The zero-order valence-corrected chi connectivity index (χ0v) is 21.9. The summed E-state index contributed by atoms with van der Waals surface area (Å²) in [5.74, 6) is 0.919. The molecule has 2 aromatic carbocycles. The normalized spacial score (nSPS) is 20.9. The summed E-state index contributed by atoms with van der Waals surface area (Å²) in [5, 5.41) is 8.72. The van der Waals surface area contributed by atoms with E-state index in [0.717, 1.165) is 19.3 Å². The first-order chi connectivity index (χ1) is 17.2. The second kappa shape index (κ2) is 9.95. The Balaban J connectivity index is 1.37. The van der Waals surface area contributed by atoms with Gasteiger partial charge >= 0.3 is 0 Å². The largest absolute Gasteiger partial charge is 0.419 e. The molecular weight excluding hydrogens is 500 g/mol. The second-order valence-corrected chi connectivity index (χ2v) is 12.3. The highest BCUT2D eigenvalue weighted by molar-refractivity contribution is 7.89. The van der Waals surface area contributed by atoms with E-state index in [2.05, 4.69) is 24.0 Å². The molecule has 2 fully saturated rings. The molecule has 2 heterocycles. The first-order valence-corrected chi connectivity index (χ1v) is 14.0. The van der Waals surface area contributed by atoms with Gasteiger partial charge in [0.15, 0.2) is 0 Å². The Hall–Kier alpha value is -2.75. The number of halogens is 1. The van der Waals surface area contributed by atoms with E-state index in [1.807, 2.05) is 12.1 Å². The van der Waals surface area contributed by atoms with Crippen molar-refractivity contribution in [3.63, 3.8) is 0 Å². The highest BCUT2D eigenvalue weighted by atomic mass is 35.5. The monoisotopic (exact) mass is 528 g/mol. The maximum atomic E-state index is 13.5. The Kier molecular flexibility index (Phi) is 6.89. The Morgan fingerprint density at radius 1 is 1.08 bits per heavy atom. The van der Waals surface area contributed by atoms with Crippen molar-refractivity contribution in [3.8, 4) is 11.5 Å². The summed E-state index contributed by atoms with van der Waals surface area (Å²) >= 11 is 6.24. The first kappa shape index (κ1) is 24.9. The van der Waals surface area contributed by atoms with E-state index in [1.54, 1.807) is 39.5 Å². The third-order valence-electron chi connectivity index (χ3n) is 6.68. The molecule has 8 nitrogen and oxygen atoms in total. The SMILES string of the molecule is CC1CC(C)CN(S(=O)(=O)c2cccc(C(=O)N(Cc3nnc(-c4ccccc4Cl)o3)C3CC3)c2)C1. The fourth-order valence-corrected chi connectivity index (χ4v) is 6.81. The van der Waals surface area contributed by atoms with Gasteiger partial charge in [0.05, 0.1) is 22.0 Å². The van der Waals surface area contributed by atoms with E-state index >= 15 is 0 Å². The second-order valence-electron chi connectivity index (χ2n) is 9.94. The zero-order chi connectivity index (χ0) is 25.4. The molecule has 190 valence electrons. The maximum Gasteiger partial charge on any atom is 0.254 e. The number of amides is 1. The van der Waals surface area contributed by atoms with Crippen LogP contribution in [0, 0.1) is 11.8 Å². The average molecular weight is 529 g/mol. The Morgan fingerprint density at radius 2 is 1.81 bits per heavy atom. The van der Waals surface area contributed by atoms with Crippen molar-refractivity contribution in [1.29, 1.82) is 0 Å². The number of rotatable bonds is 7. The number of piperidine rings is 1. The minimum Gasteiger partial charge on any atom is -0.419 e. The van der Waals surface area contributed by atoms with Gasteiger partial charge < -0.3 is 9.32 Å². The lowest BCUT2D eigenvalue weighted by atomic mass is 9.94. The van der Waals surface area contributed by atoms with Crippen molar-refractivity contribution in [1.82, 2.24) is 19.4 Å². The molecule has 0 N–H and O–H groups in total. The van der Waals surface area contributed by atoms with Gasteiger partial charge in [-0.25, -0.2) is 8.42 Å². The summed E-state index contributed by atoms with van der Waals surface area (Å²) in [6.45, 7) is 5.26. The van der Waals surface area contributed by atoms with E-state index < -0.39 is 10.0 Å². The summed E-state index contributed by atoms with van der Waals surface area (Å²) in [7, 11) is -3.70. The van der Waals surface area contributed by atoms with Gasteiger partial charge in [0.1, 0.15) is 0 Å². The van der Waals surface area contributed by atoms with E-state index in [9.17, 15) is 13.2 Å². The molecule has 1 saturated heterocycles. The van der Waals surface area contributed by atoms with Crippen LogP contribution >= 0.6 is 11.6 Å². The van der Waals surface area contributed by atoms with E-state index in [4.69, 9.17) is 16.0 Å². The predicted octanol–water partition coefficient (Wildman–Crippen LogP) is 4.86. The zero-order valence-electron chi connectivity index (χ0n) is 20.3. The third kappa shape index (κ3) is 5.19. The smallest absolute Gasteiger partial charge is 0.254 e. The van der Waals surface area contributed by atoms with Crippen LogP contribution in [0.3, 0.4) is 0 Å². The van der Waals surface area contributed by atoms with Gasteiger partial charge in [-0.15, -0.1) is 10.2 Å². The minimum absolute atomic E-state index is 0.0530. The number of aromatic nitrogens is 2. The molecule has 1 aliphatic carbocycles. The quantitative estimate of drug-likeness (QED) is 0.434.